The Morgan fingerprint density at radius 3 is 2.47 bits per heavy atom. The fraction of sp³-hybridized carbons (Fsp3) is 0.478. The van der Waals surface area contributed by atoms with E-state index in [0.717, 1.165) is 38.6 Å². The highest BCUT2D eigenvalue weighted by Crippen LogP contribution is 2.10. The van der Waals surface area contributed by atoms with Gasteiger partial charge in [0.15, 0.2) is 11.7 Å². The van der Waals surface area contributed by atoms with Crippen LogP contribution in [0.4, 0.5) is 0 Å². The number of guanidine groups is 1. The molecule has 0 radical (unpaired) electrons. The molecule has 1 fully saturated rings. The van der Waals surface area contributed by atoms with Crippen LogP contribution in [0.25, 0.3) is 0 Å². The Kier molecular flexibility index (Phi) is 7.90. The summed E-state index contributed by atoms with van der Waals surface area (Å²) in [5, 5.41) is 3.49. The second-order valence-electron chi connectivity index (χ2n) is 7.77. The maximum atomic E-state index is 12.4. The summed E-state index contributed by atoms with van der Waals surface area (Å²) in [6.45, 7) is 6.91. The molecule has 1 N–H and O–H groups in total. The van der Waals surface area contributed by atoms with Crippen LogP contribution in [0.3, 0.4) is 0 Å². The molecule has 1 aromatic carbocycles. The number of nitrogens with zero attached hydrogens (tertiary/aromatic N) is 4. The molecular weight excluding hydrogens is 378 g/mol. The summed E-state index contributed by atoms with van der Waals surface area (Å²) < 4.78 is 5.23. The van der Waals surface area contributed by atoms with Crippen LogP contribution in [0.15, 0.2) is 58.1 Å². The van der Waals surface area contributed by atoms with Crippen molar-refractivity contribution >= 4 is 11.9 Å². The summed E-state index contributed by atoms with van der Waals surface area (Å²) >= 11 is 0. The molecule has 1 aliphatic rings. The molecule has 1 saturated heterocycles. The SMILES string of the molecule is CN=C(NCCC(C)N(C)Cc1ccccc1)N1CCN(C(=O)c2ccco2)CC1. The normalized spacial score (nSPS) is 16.1. The van der Waals surface area contributed by atoms with E-state index in [1.807, 2.05) is 11.9 Å². The molecule has 1 atom stereocenters. The molecule has 1 unspecified atom stereocenters. The second-order valence-corrected chi connectivity index (χ2v) is 7.77. The number of hydrogen-bond donors (Lipinski definition) is 1. The molecule has 162 valence electrons. The Morgan fingerprint density at radius 2 is 1.83 bits per heavy atom. The van der Waals surface area contributed by atoms with Crippen molar-refractivity contribution in [3.05, 3.63) is 60.1 Å². The Hall–Kier alpha value is -2.80. The average Bonchev–Trinajstić information content (AvgIpc) is 3.32. The van der Waals surface area contributed by atoms with E-state index in [4.69, 9.17) is 4.42 Å². The fourth-order valence-corrected chi connectivity index (χ4v) is 3.65. The molecule has 1 amide bonds. The molecule has 0 saturated carbocycles. The van der Waals surface area contributed by atoms with Crippen molar-refractivity contribution in [2.75, 3.05) is 46.8 Å². The standard InChI is InChI=1S/C23H33N5O2/c1-19(26(3)18-20-8-5-4-6-9-20)11-12-25-23(24-2)28-15-13-27(14-16-28)22(29)21-10-7-17-30-21/h4-10,17,19H,11-16,18H2,1-3H3,(H,24,25). The van der Waals surface area contributed by atoms with E-state index < -0.39 is 0 Å². The number of aliphatic imine (C=N–C) groups is 1. The maximum absolute atomic E-state index is 12.4. The summed E-state index contributed by atoms with van der Waals surface area (Å²) in [6.07, 6.45) is 2.56. The predicted molar refractivity (Wildman–Crippen MR) is 120 cm³/mol. The Morgan fingerprint density at radius 1 is 1.13 bits per heavy atom. The lowest BCUT2D eigenvalue weighted by atomic mass is 10.1. The van der Waals surface area contributed by atoms with Gasteiger partial charge in [0.05, 0.1) is 6.26 Å². The number of piperazine rings is 1. The summed E-state index contributed by atoms with van der Waals surface area (Å²) in [4.78, 5) is 23.3. The van der Waals surface area contributed by atoms with Gasteiger partial charge in [0.2, 0.25) is 0 Å². The van der Waals surface area contributed by atoms with Gasteiger partial charge in [0, 0.05) is 52.4 Å². The third kappa shape index (κ3) is 5.86. The molecule has 7 nitrogen and oxygen atoms in total. The molecule has 2 heterocycles. The zero-order valence-corrected chi connectivity index (χ0v) is 18.3. The molecule has 3 rings (SSSR count). The summed E-state index contributed by atoms with van der Waals surface area (Å²) in [7, 11) is 3.98. The quantitative estimate of drug-likeness (QED) is 0.560. The van der Waals surface area contributed by atoms with Crippen LogP contribution in [0.1, 0.15) is 29.5 Å². The topological polar surface area (TPSA) is 64.3 Å². The monoisotopic (exact) mass is 411 g/mol. The zero-order chi connectivity index (χ0) is 21.3. The highest BCUT2D eigenvalue weighted by Gasteiger charge is 2.25. The van der Waals surface area contributed by atoms with E-state index in [-0.39, 0.29) is 5.91 Å². The third-order valence-corrected chi connectivity index (χ3v) is 5.68. The number of nitrogens with one attached hydrogen (secondary N) is 1. The second kappa shape index (κ2) is 10.8. The minimum atomic E-state index is -0.0436. The van der Waals surface area contributed by atoms with Crippen LogP contribution in [0.5, 0.6) is 0 Å². The predicted octanol–water partition coefficient (Wildman–Crippen LogP) is 2.52. The third-order valence-electron chi connectivity index (χ3n) is 5.68. The van der Waals surface area contributed by atoms with Gasteiger partial charge in [0.25, 0.3) is 5.91 Å². The molecule has 1 aliphatic heterocycles. The largest absolute Gasteiger partial charge is 0.459 e. The van der Waals surface area contributed by atoms with Crippen molar-refractivity contribution in [2.24, 2.45) is 4.99 Å². The number of furan rings is 1. The number of hydrogen-bond acceptors (Lipinski definition) is 4. The van der Waals surface area contributed by atoms with Crippen LogP contribution in [-0.4, -0.2) is 79.4 Å². The Labute approximate surface area is 179 Å². The minimum Gasteiger partial charge on any atom is -0.459 e. The van der Waals surface area contributed by atoms with Crippen LogP contribution < -0.4 is 5.32 Å². The van der Waals surface area contributed by atoms with Gasteiger partial charge in [-0.1, -0.05) is 30.3 Å². The highest BCUT2D eigenvalue weighted by atomic mass is 16.3. The molecule has 2 aromatic rings. The Balaban J connectivity index is 1.40. The molecule has 0 bridgehead atoms. The van der Waals surface area contributed by atoms with Gasteiger partial charge < -0.3 is 19.5 Å². The van der Waals surface area contributed by atoms with Gasteiger partial charge in [-0.25, -0.2) is 0 Å². The van der Waals surface area contributed by atoms with Crippen molar-refractivity contribution in [3.8, 4) is 0 Å². The van der Waals surface area contributed by atoms with E-state index in [1.165, 1.54) is 11.8 Å². The molecule has 7 heteroatoms. The first-order chi connectivity index (χ1) is 14.6. The van der Waals surface area contributed by atoms with Crippen molar-refractivity contribution in [2.45, 2.75) is 25.9 Å². The van der Waals surface area contributed by atoms with E-state index in [1.54, 1.807) is 12.1 Å². The zero-order valence-electron chi connectivity index (χ0n) is 18.3. The highest BCUT2D eigenvalue weighted by molar-refractivity contribution is 5.91. The number of carbonyl (C=O) groups is 1. The molecular formula is C23H33N5O2. The van der Waals surface area contributed by atoms with E-state index >= 15 is 0 Å². The van der Waals surface area contributed by atoms with Gasteiger partial charge in [-0.05, 0) is 38.1 Å². The van der Waals surface area contributed by atoms with Gasteiger partial charge >= 0.3 is 0 Å². The van der Waals surface area contributed by atoms with Gasteiger partial charge in [-0.2, -0.15) is 0 Å². The summed E-state index contributed by atoms with van der Waals surface area (Å²) in [6, 6.07) is 14.5. The van der Waals surface area contributed by atoms with Crippen LogP contribution in [-0.2, 0) is 6.54 Å². The van der Waals surface area contributed by atoms with Crippen LogP contribution >= 0.6 is 0 Å². The van der Waals surface area contributed by atoms with Crippen molar-refractivity contribution in [3.63, 3.8) is 0 Å². The lowest BCUT2D eigenvalue weighted by Crippen LogP contribution is -2.54. The number of rotatable bonds is 7. The smallest absolute Gasteiger partial charge is 0.289 e. The summed E-state index contributed by atoms with van der Waals surface area (Å²) in [5.74, 6) is 1.26. The van der Waals surface area contributed by atoms with Gasteiger partial charge in [-0.15, -0.1) is 0 Å². The van der Waals surface area contributed by atoms with E-state index in [9.17, 15) is 4.79 Å². The number of amides is 1. The number of benzene rings is 1. The lowest BCUT2D eigenvalue weighted by Gasteiger charge is -2.36. The van der Waals surface area contributed by atoms with Crippen LogP contribution in [0.2, 0.25) is 0 Å². The van der Waals surface area contributed by atoms with Crippen molar-refractivity contribution in [1.29, 1.82) is 0 Å². The maximum Gasteiger partial charge on any atom is 0.289 e. The molecule has 1 aromatic heterocycles. The van der Waals surface area contributed by atoms with Crippen molar-refractivity contribution < 1.29 is 9.21 Å². The molecule has 30 heavy (non-hydrogen) atoms. The average molecular weight is 412 g/mol. The van der Waals surface area contributed by atoms with Gasteiger partial charge in [0.1, 0.15) is 0 Å². The van der Waals surface area contributed by atoms with E-state index in [0.29, 0.717) is 24.9 Å². The first kappa shape index (κ1) is 21.9. The molecule has 0 aliphatic carbocycles. The van der Waals surface area contributed by atoms with Gasteiger partial charge in [-0.3, -0.25) is 14.7 Å². The summed E-state index contributed by atoms with van der Waals surface area (Å²) in [5.41, 5.74) is 1.33. The number of carbonyl (C=O) groups excluding carboxylic acids is 1. The fourth-order valence-electron chi connectivity index (χ4n) is 3.65. The van der Waals surface area contributed by atoms with E-state index in [2.05, 4.69) is 64.4 Å². The first-order valence-electron chi connectivity index (χ1n) is 10.6. The lowest BCUT2D eigenvalue weighted by molar-refractivity contribution is 0.0657. The van der Waals surface area contributed by atoms with Crippen LogP contribution in [0, 0.1) is 0 Å². The van der Waals surface area contributed by atoms with Crippen molar-refractivity contribution in [1.82, 2.24) is 20.0 Å². The molecule has 0 spiro atoms. The minimum absolute atomic E-state index is 0.0436. The Bertz CT molecular complexity index is 798. The first-order valence-corrected chi connectivity index (χ1v) is 10.6.